The van der Waals surface area contributed by atoms with Crippen molar-refractivity contribution in [3.8, 4) is 0 Å². The number of rotatable bonds is 11. The highest BCUT2D eigenvalue weighted by molar-refractivity contribution is 4.87. The van der Waals surface area contributed by atoms with Gasteiger partial charge in [-0.25, -0.2) is 0 Å². The number of unbranched alkanes of at least 4 members (excludes halogenated alkanes) is 1. The molecule has 126 valence electrons. The lowest BCUT2D eigenvalue weighted by molar-refractivity contribution is 0.0656. The molecule has 1 saturated carbocycles. The van der Waals surface area contributed by atoms with Gasteiger partial charge in [0.25, 0.3) is 0 Å². The summed E-state index contributed by atoms with van der Waals surface area (Å²) in [4.78, 5) is 0. The van der Waals surface area contributed by atoms with Crippen LogP contribution in [-0.4, -0.2) is 26.3 Å². The van der Waals surface area contributed by atoms with Crippen LogP contribution in [0.4, 0.5) is 0 Å². The summed E-state index contributed by atoms with van der Waals surface area (Å²) < 4.78 is 5.65. The Morgan fingerprint density at radius 1 is 1.19 bits per heavy atom. The molecular weight excluding hydrogens is 258 g/mol. The largest absolute Gasteiger partial charge is 0.382 e. The van der Waals surface area contributed by atoms with Gasteiger partial charge < -0.3 is 10.1 Å². The van der Waals surface area contributed by atoms with Crippen molar-refractivity contribution in [3.63, 3.8) is 0 Å². The Hall–Kier alpha value is -0.0800. The highest BCUT2D eigenvalue weighted by atomic mass is 16.5. The van der Waals surface area contributed by atoms with E-state index in [1.54, 1.807) is 0 Å². The Morgan fingerprint density at radius 3 is 2.48 bits per heavy atom. The van der Waals surface area contributed by atoms with E-state index in [4.69, 9.17) is 4.74 Å². The summed E-state index contributed by atoms with van der Waals surface area (Å²) in [6, 6.07) is 0. The lowest BCUT2D eigenvalue weighted by atomic mass is 9.67. The Balaban J connectivity index is 2.42. The van der Waals surface area contributed by atoms with E-state index < -0.39 is 0 Å². The summed E-state index contributed by atoms with van der Waals surface area (Å²) in [6.07, 6.45) is 11.2. The molecule has 0 aromatic heterocycles. The fourth-order valence-corrected chi connectivity index (χ4v) is 3.65. The zero-order chi connectivity index (χ0) is 15.6. The van der Waals surface area contributed by atoms with Gasteiger partial charge in [0.05, 0.1) is 0 Å². The first kappa shape index (κ1) is 19.0. The minimum Gasteiger partial charge on any atom is -0.382 e. The van der Waals surface area contributed by atoms with E-state index in [0.717, 1.165) is 31.6 Å². The van der Waals surface area contributed by atoms with E-state index in [0.29, 0.717) is 5.41 Å². The molecule has 0 saturated heterocycles. The number of hydrogen-bond donors (Lipinski definition) is 1. The first-order valence-electron chi connectivity index (χ1n) is 9.40. The van der Waals surface area contributed by atoms with Crippen molar-refractivity contribution in [2.24, 2.45) is 17.3 Å². The Bertz CT molecular complexity index is 244. The van der Waals surface area contributed by atoms with Crippen LogP contribution in [0.15, 0.2) is 0 Å². The van der Waals surface area contributed by atoms with Gasteiger partial charge in [-0.1, -0.05) is 40.0 Å². The molecule has 0 radical (unpaired) electrons. The minimum absolute atomic E-state index is 0.507. The quantitative estimate of drug-likeness (QED) is 0.540. The molecule has 0 aromatic rings. The molecule has 1 rings (SSSR count). The maximum absolute atomic E-state index is 5.65. The monoisotopic (exact) mass is 297 g/mol. The second-order valence-corrected chi connectivity index (χ2v) is 7.56. The van der Waals surface area contributed by atoms with Crippen molar-refractivity contribution < 1.29 is 4.74 Å². The Morgan fingerprint density at radius 2 is 1.90 bits per heavy atom. The summed E-state index contributed by atoms with van der Waals surface area (Å²) >= 11 is 0. The molecule has 21 heavy (non-hydrogen) atoms. The van der Waals surface area contributed by atoms with Crippen LogP contribution in [0.1, 0.15) is 79.1 Å². The number of nitrogens with one attached hydrogen (secondary N) is 1. The van der Waals surface area contributed by atoms with Gasteiger partial charge in [-0.3, -0.25) is 0 Å². The highest BCUT2D eigenvalue weighted by Crippen LogP contribution is 2.42. The SMILES string of the molecule is CCCCC1CCC(CCOCC)(CNCC(C)C)CC1. The van der Waals surface area contributed by atoms with E-state index in [-0.39, 0.29) is 0 Å². The lowest BCUT2D eigenvalue weighted by Gasteiger charge is -2.41. The predicted octanol–water partition coefficient (Wildman–Crippen LogP) is 5.03. The van der Waals surface area contributed by atoms with E-state index in [2.05, 4.69) is 33.0 Å². The fraction of sp³-hybridized carbons (Fsp3) is 1.00. The van der Waals surface area contributed by atoms with Crippen LogP contribution in [0.25, 0.3) is 0 Å². The second-order valence-electron chi connectivity index (χ2n) is 7.56. The molecule has 0 bridgehead atoms. The van der Waals surface area contributed by atoms with Gasteiger partial charge in [-0.15, -0.1) is 0 Å². The molecule has 1 N–H and O–H groups in total. The third kappa shape index (κ3) is 7.65. The maximum Gasteiger partial charge on any atom is 0.0471 e. The standard InChI is InChI=1S/C19H39NO/c1-5-7-8-18-9-11-19(12-10-18,13-14-21-6-2)16-20-15-17(3)4/h17-18,20H,5-16H2,1-4H3. The third-order valence-electron chi connectivity index (χ3n) is 5.17. The first-order valence-corrected chi connectivity index (χ1v) is 9.40. The van der Waals surface area contributed by atoms with Crippen molar-refractivity contribution >= 4 is 0 Å². The van der Waals surface area contributed by atoms with Gasteiger partial charge in [0.2, 0.25) is 0 Å². The summed E-state index contributed by atoms with van der Waals surface area (Å²) in [6.45, 7) is 13.1. The van der Waals surface area contributed by atoms with Gasteiger partial charge >= 0.3 is 0 Å². The summed E-state index contributed by atoms with van der Waals surface area (Å²) in [5.74, 6) is 1.74. The Labute approximate surface area is 133 Å². The van der Waals surface area contributed by atoms with Gasteiger partial charge in [0.15, 0.2) is 0 Å². The van der Waals surface area contributed by atoms with Crippen molar-refractivity contribution in [1.29, 1.82) is 0 Å². The molecule has 1 aliphatic rings. The molecule has 2 heteroatoms. The molecule has 0 spiro atoms. The second kappa shape index (κ2) is 10.6. The molecule has 1 fully saturated rings. The van der Waals surface area contributed by atoms with E-state index in [1.165, 1.54) is 57.9 Å². The predicted molar refractivity (Wildman–Crippen MR) is 92.7 cm³/mol. The van der Waals surface area contributed by atoms with Crippen LogP contribution in [0.5, 0.6) is 0 Å². The molecule has 0 unspecified atom stereocenters. The highest BCUT2D eigenvalue weighted by Gasteiger charge is 2.34. The summed E-state index contributed by atoms with van der Waals surface area (Å²) in [5.41, 5.74) is 0.507. The average Bonchev–Trinajstić information content (AvgIpc) is 2.47. The molecule has 1 aliphatic carbocycles. The molecule has 0 aliphatic heterocycles. The molecule has 0 aromatic carbocycles. The van der Waals surface area contributed by atoms with Crippen LogP contribution in [0.2, 0.25) is 0 Å². The zero-order valence-electron chi connectivity index (χ0n) is 15.0. The Kier molecular flexibility index (Phi) is 9.59. The van der Waals surface area contributed by atoms with Gasteiger partial charge in [0, 0.05) is 19.8 Å². The summed E-state index contributed by atoms with van der Waals surface area (Å²) in [5, 5.41) is 3.72. The van der Waals surface area contributed by atoms with Crippen LogP contribution < -0.4 is 5.32 Å². The van der Waals surface area contributed by atoms with Gasteiger partial charge in [0.1, 0.15) is 0 Å². The maximum atomic E-state index is 5.65. The first-order chi connectivity index (χ1) is 10.1. The van der Waals surface area contributed by atoms with E-state index in [9.17, 15) is 0 Å². The van der Waals surface area contributed by atoms with E-state index in [1.807, 2.05) is 0 Å². The van der Waals surface area contributed by atoms with Gasteiger partial charge in [-0.05, 0) is 62.8 Å². The smallest absolute Gasteiger partial charge is 0.0471 e. The van der Waals surface area contributed by atoms with Crippen molar-refractivity contribution in [2.75, 3.05) is 26.3 Å². The van der Waals surface area contributed by atoms with Gasteiger partial charge in [-0.2, -0.15) is 0 Å². The number of ether oxygens (including phenoxy) is 1. The van der Waals surface area contributed by atoms with Crippen molar-refractivity contribution in [1.82, 2.24) is 5.32 Å². The topological polar surface area (TPSA) is 21.3 Å². The van der Waals surface area contributed by atoms with Crippen LogP contribution in [-0.2, 0) is 4.74 Å². The normalized spacial score (nSPS) is 26.4. The zero-order valence-corrected chi connectivity index (χ0v) is 15.0. The van der Waals surface area contributed by atoms with Crippen LogP contribution in [0, 0.1) is 17.3 Å². The summed E-state index contributed by atoms with van der Waals surface area (Å²) in [7, 11) is 0. The lowest BCUT2D eigenvalue weighted by Crippen LogP contribution is -2.39. The molecule has 0 amide bonds. The van der Waals surface area contributed by atoms with E-state index >= 15 is 0 Å². The molecular formula is C19H39NO. The number of hydrogen-bond acceptors (Lipinski definition) is 2. The molecule has 0 heterocycles. The molecule has 2 nitrogen and oxygen atoms in total. The molecule has 0 atom stereocenters. The van der Waals surface area contributed by atoms with Crippen LogP contribution in [0.3, 0.4) is 0 Å². The fourth-order valence-electron chi connectivity index (χ4n) is 3.65. The average molecular weight is 298 g/mol. The minimum atomic E-state index is 0.507. The van der Waals surface area contributed by atoms with Crippen molar-refractivity contribution in [3.05, 3.63) is 0 Å². The van der Waals surface area contributed by atoms with Crippen molar-refractivity contribution in [2.45, 2.75) is 79.1 Å². The van der Waals surface area contributed by atoms with Crippen LogP contribution >= 0.6 is 0 Å². The third-order valence-corrected chi connectivity index (χ3v) is 5.17.